The lowest BCUT2D eigenvalue weighted by Gasteiger charge is -2.35. The Labute approximate surface area is 407 Å². The Morgan fingerprint density at radius 1 is 0.800 bits per heavy atom. The van der Waals surface area contributed by atoms with Crippen LogP contribution in [0, 0.1) is 0 Å². The number of amides is 6. The summed E-state index contributed by atoms with van der Waals surface area (Å²) in [4.78, 5) is 99.2. The fourth-order valence-corrected chi connectivity index (χ4v) is 9.52. The van der Waals surface area contributed by atoms with E-state index in [1.807, 2.05) is 24.3 Å². The molecule has 4 aliphatic rings. The van der Waals surface area contributed by atoms with Gasteiger partial charge in [0.15, 0.2) is 0 Å². The molecule has 376 valence electrons. The number of benzene rings is 3. The van der Waals surface area contributed by atoms with Crippen LogP contribution in [0.1, 0.15) is 95.8 Å². The summed E-state index contributed by atoms with van der Waals surface area (Å²) >= 11 is 0. The first-order chi connectivity index (χ1) is 33.5. The predicted octanol–water partition coefficient (Wildman–Crippen LogP) is 3.97. The van der Waals surface area contributed by atoms with Crippen molar-refractivity contribution in [2.75, 3.05) is 69.6 Å². The number of imide groups is 1. The van der Waals surface area contributed by atoms with Crippen molar-refractivity contribution >= 4 is 68.2 Å². The molecular weight excluding hydrogens is 923 g/mol. The maximum absolute atomic E-state index is 14.5. The Morgan fingerprint density at radius 2 is 1.46 bits per heavy atom. The molecule has 0 bridgehead atoms. The zero-order chi connectivity index (χ0) is 50.5. The van der Waals surface area contributed by atoms with E-state index in [0.717, 1.165) is 59.3 Å². The molecule has 70 heavy (non-hydrogen) atoms. The van der Waals surface area contributed by atoms with Crippen LogP contribution in [0.3, 0.4) is 0 Å². The van der Waals surface area contributed by atoms with Gasteiger partial charge in [-0.1, -0.05) is 18.2 Å². The van der Waals surface area contributed by atoms with Gasteiger partial charge in [0.2, 0.25) is 23.1 Å². The Hall–Kier alpha value is -6.67. The summed E-state index contributed by atoms with van der Waals surface area (Å²) in [6.07, 6.45) is 0.780. The van der Waals surface area contributed by atoms with E-state index < -0.39 is 51.5 Å². The Bertz CT molecular complexity index is 2720. The number of fused-ring (bicyclic) bond motifs is 2. The highest BCUT2D eigenvalue weighted by molar-refractivity contribution is 7.85. The van der Waals surface area contributed by atoms with Gasteiger partial charge in [0.05, 0.1) is 6.07 Å². The molecule has 6 amide bonds. The fraction of sp³-hybridized carbons (Fsp3) is 0.480. The van der Waals surface area contributed by atoms with Gasteiger partial charge in [-0.25, -0.2) is 9.37 Å². The van der Waals surface area contributed by atoms with Crippen LogP contribution in [-0.2, 0) is 43.7 Å². The van der Waals surface area contributed by atoms with Crippen LogP contribution in [0.15, 0.2) is 65.1 Å². The average Bonchev–Trinajstić information content (AvgIpc) is 3.66. The normalized spacial score (nSPS) is 14.5. The van der Waals surface area contributed by atoms with Gasteiger partial charge in [-0.15, -0.1) is 5.06 Å². The van der Waals surface area contributed by atoms with Crippen molar-refractivity contribution in [2.45, 2.75) is 91.5 Å². The molecule has 19 nitrogen and oxygen atoms in total. The number of rotatable bonds is 22. The number of nitrogens with one attached hydrogen (secondary N) is 2. The summed E-state index contributed by atoms with van der Waals surface area (Å²) in [6.45, 7) is 13.1. The molecule has 1 aliphatic carbocycles. The quantitative estimate of drug-likeness (QED) is 0.0333. The summed E-state index contributed by atoms with van der Waals surface area (Å²) in [6, 6.07) is 18.5. The maximum Gasteiger partial charge on any atom is 0.333 e. The number of anilines is 1. The molecule has 3 aliphatic heterocycles. The van der Waals surface area contributed by atoms with Gasteiger partial charge < -0.3 is 34.6 Å². The Morgan fingerprint density at radius 3 is 2.13 bits per heavy atom. The van der Waals surface area contributed by atoms with E-state index >= 15 is 0 Å². The smallest absolute Gasteiger partial charge is 0.333 e. The molecule has 0 spiro atoms. The number of hydrogen-bond donors (Lipinski definition) is 3. The first-order valence-electron chi connectivity index (χ1n) is 24.1. The number of carbonyl (C=O) groups excluding carboxylic acids is 7. The number of piperazine rings is 1. The molecular formula is C50H64N7O12S+. The summed E-state index contributed by atoms with van der Waals surface area (Å²) in [5.41, 5.74) is 4.87. The highest BCUT2D eigenvalue weighted by atomic mass is 32.2. The number of unbranched alkanes of at least 4 members (excludes halogenated alkanes) is 2. The maximum atomic E-state index is 14.5. The van der Waals surface area contributed by atoms with Gasteiger partial charge in [0, 0.05) is 118 Å². The molecule has 1 atom stereocenters. The number of hydroxylamine groups is 2. The van der Waals surface area contributed by atoms with Gasteiger partial charge in [-0.2, -0.15) is 8.42 Å². The lowest BCUT2D eigenvalue weighted by Crippen LogP contribution is -2.50. The summed E-state index contributed by atoms with van der Waals surface area (Å²) in [5, 5.41) is 7.18. The van der Waals surface area contributed by atoms with Gasteiger partial charge in [0.1, 0.15) is 36.2 Å². The van der Waals surface area contributed by atoms with Gasteiger partial charge in [-0.05, 0) is 83.2 Å². The van der Waals surface area contributed by atoms with Crippen LogP contribution >= 0.6 is 0 Å². The third-order valence-electron chi connectivity index (χ3n) is 12.7. The predicted molar refractivity (Wildman–Crippen MR) is 262 cm³/mol. The largest absolute Gasteiger partial charge is 0.456 e. The molecule has 2 aromatic rings. The molecule has 0 radical (unpaired) electrons. The van der Waals surface area contributed by atoms with E-state index in [1.54, 1.807) is 9.80 Å². The minimum absolute atomic E-state index is 0.0146. The molecule has 6 rings (SSSR count). The molecule has 3 N–H and O–H groups in total. The molecule has 2 fully saturated rings. The van der Waals surface area contributed by atoms with Crippen molar-refractivity contribution in [1.82, 2.24) is 30.1 Å². The van der Waals surface area contributed by atoms with Crippen molar-refractivity contribution in [1.29, 1.82) is 0 Å². The second-order valence-electron chi connectivity index (χ2n) is 17.3. The van der Waals surface area contributed by atoms with E-state index in [1.165, 1.54) is 0 Å². The summed E-state index contributed by atoms with van der Waals surface area (Å²) < 4.78 is 41.7. The molecule has 1 unspecified atom stereocenters. The molecule has 20 heteroatoms. The van der Waals surface area contributed by atoms with E-state index in [9.17, 15) is 46.5 Å². The van der Waals surface area contributed by atoms with Gasteiger partial charge in [-0.3, -0.25) is 33.3 Å². The van der Waals surface area contributed by atoms with Crippen LogP contribution in [0.2, 0.25) is 0 Å². The van der Waals surface area contributed by atoms with Crippen molar-refractivity contribution in [3.8, 4) is 22.5 Å². The van der Waals surface area contributed by atoms with Crippen molar-refractivity contribution in [2.24, 2.45) is 0 Å². The summed E-state index contributed by atoms with van der Waals surface area (Å²) in [5.74, 6) is -4.19. The van der Waals surface area contributed by atoms with Crippen LogP contribution in [0.5, 0.6) is 0 Å². The topological polar surface area (TPSA) is 236 Å². The molecule has 0 aromatic heterocycles. The van der Waals surface area contributed by atoms with Crippen LogP contribution in [0.25, 0.3) is 33.4 Å². The standard InChI is InChI=1S/C50H63N7O12S/c1-5-53(6-2)34-20-22-38-41(31-34)68-42-32-35(54(7-3)8-4)21-23-39(42)48(38)36-15-9-10-16-37(36)50(64)56-29-27-55(28-30-56)44(59)18-12-11-17-43(58)52-40(33-70(65,66)67)49(63)51-26-14-13-19-47(62)69-57-45(60)24-25-46(57)61/h9-10,15-16,20-23,31-32,40H,5-8,11-14,17-19,24-30,33H2,1-4H3,(H2-,51,52,58,63,65,66,67)/p+1. The number of nitrogens with zero attached hydrogens (tertiary/aromatic N) is 5. The minimum atomic E-state index is -4.67. The lowest BCUT2D eigenvalue weighted by molar-refractivity contribution is -0.197. The summed E-state index contributed by atoms with van der Waals surface area (Å²) in [7, 11) is -4.67. The monoisotopic (exact) mass is 986 g/mol. The van der Waals surface area contributed by atoms with Crippen LogP contribution < -0.4 is 25.5 Å². The molecule has 0 saturated carbocycles. The van der Waals surface area contributed by atoms with E-state index in [2.05, 4.69) is 84.2 Å². The number of hydrogen-bond acceptors (Lipinski definition) is 12. The van der Waals surface area contributed by atoms with Crippen molar-refractivity contribution in [3.05, 3.63) is 71.6 Å². The second-order valence-corrected chi connectivity index (χ2v) is 18.8. The van der Waals surface area contributed by atoms with E-state index in [4.69, 9.17) is 9.25 Å². The average molecular weight is 987 g/mol. The third-order valence-corrected chi connectivity index (χ3v) is 13.4. The van der Waals surface area contributed by atoms with E-state index in [0.29, 0.717) is 54.6 Å². The number of carbonyl (C=O) groups is 7. The van der Waals surface area contributed by atoms with Crippen LogP contribution in [0.4, 0.5) is 5.69 Å². The van der Waals surface area contributed by atoms with Crippen molar-refractivity contribution < 1.29 is 55.8 Å². The SMILES string of the molecule is CCN(CC)c1ccc2c(-c3ccccc3C(=O)N3CCN(C(=O)CCCCC(=O)NC(CS(=O)(=O)O)C(=O)NCCCCC(=O)ON4C(=O)CCC4=O)CC3)c3ccc(=[N+](CC)CC)cc-3oc2c1. The van der Waals surface area contributed by atoms with Gasteiger partial charge in [0.25, 0.3) is 27.8 Å². The first kappa shape index (κ1) is 52.7. The molecule has 2 saturated heterocycles. The zero-order valence-corrected chi connectivity index (χ0v) is 41.2. The zero-order valence-electron chi connectivity index (χ0n) is 40.4. The highest BCUT2D eigenvalue weighted by Crippen LogP contribution is 2.42. The van der Waals surface area contributed by atoms with Gasteiger partial charge >= 0.3 is 5.97 Å². The van der Waals surface area contributed by atoms with Crippen molar-refractivity contribution in [3.63, 3.8) is 0 Å². The third kappa shape index (κ3) is 13.3. The van der Waals surface area contributed by atoms with Crippen LogP contribution in [-0.4, -0.2) is 140 Å². The molecule has 2 aromatic carbocycles. The minimum Gasteiger partial charge on any atom is -0.456 e. The van der Waals surface area contributed by atoms with E-state index in [-0.39, 0.29) is 69.7 Å². The Balaban J connectivity index is 1.02. The fourth-order valence-electron chi connectivity index (χ4n) is 8.86. The first-order valence-corrected chi connectivity index (χ1v) is 25.7. The lowest BCUT2D eigenvalue weighted by atomic mass is 9.90. The molecule has 3 heterocycles. The Kier molecular flexibility index (Phi) is 18.3. The highest BCUT2D eigenvalue weighted by Gasteiger charge is 2.33. The second kappa shape index (κ2) is 24.2.